The summed E-state index contributed by atoms with van der Waals surface area (Å²) < 4.78 is 18.2. The van der Waals surface area contributed by atoms with E-state index < -0.39 is 5.97 Å². The fourth-order valence-electron chi connectivity index (χ4n) is 1.41. The maximum absolute atomic E-state index is 13.5. The molecule has 0 bridgehead atoms. The van der Waals surface area contributed by atoms with Crippen LogP contribution in [-0.4, -0.2) is 24.5 Å². The molecule has 2 N–H and O–H groups in total. The third kappa shape index (κ3) is 5.05. The van der Waals surface area contributed by atoms with Gasteiger partial charge in [0, 0.05) is 18.2 Å². The normalized spacial score (nSPS) is 11.1. The SMILES string of the molecule is CCOC(=O)C(=N)/C=C(\NCc1ccccc1F)SC. The van der Waals surface area contributed by atoms with Crippen molar-refractivity contribution in [3.8, 4) is 0 Å². The van der Waals surface area contributed by atoms with Crippen LogP contribution in [0.5, 0.6) is 0 Å². The van der Waals surface area contributed by atoms with Crippen LogP contribution in [0.3, 0.4) is 0 Å². The molecular formula is C14H17FN2O2S. The van der Waals surface area contributed by atoms with E-state index in [2.05, 4.69) is 5.32 Å². The fraction of sp³-hybridized carbons (Fsp3) is 0.286. The molecule has 0 saturated heterocycles. The van der Waals surface area contributed by atoms with Gasteiger partial charge < -0.3 is 10.1 Å². The minimum atomic E-state index is -0.674. The van der Waals surface area contributed by atoms with Crippen molar-refractivity contribution in [3.63, 3.8) is 0 Å². The number of carbonyl (C=O) groups is 1. The van der Waals surface area contributed by atoms with Crippen LogP contribution in [0.1, 0.15) is 12.5 Å². The van der Waals surface area contributed by atoms with Gasteiger partial charge in [-0.2, -0.15) is 0 Å². The zero-order valence-electron chi connectivity index (χ0n) is 11.4. The first-order valence-electron chi connectivity index (χ1n) is 6.07. The Morgan fingerprint density at radius 3 is 2.80 bits per heavy atom. The predicted molar refractivity (Wildman–Crippen MR) is 79.2 cm³/mol. The van der Waals surface area contributed by atoms with E-state index in [1.807, 2.05) is 0 Å². The average molecular weight is 296 g/mol. The first-order valence-corrected chi connectivity index (χ1v) is 7.29. The number of thioether (sulfide) groups is 1. The first-order chi connectivity index (χ1) is 9.58. The summed E-state index contributed by atoms with van der Waals surface area (Å²) in [4.78, 5) is 11.3. The Morgan fingerprint density at radius 2 is 2.20 bits per heavy atom. The van der Waals surface area contributed by atoms with Gasteiger partial charge in [0.1, 0.15) is 11.5 Å². The minimum absolute atomic E-state index is 0.228. The van der Waals surface area contributed by atoms with Crippen molar-refractivity contribution in [1.29, 1.82) is 5.41 Å². The second-order valence-electron chi connectivity index (χ2n) is 3.79. The molecular weight excluding hydrogens is 279 g/mol. The average Bonchev–Trinajstić information content (AvgIpc) is 2.44. The van der Waals surface area contributed by atoms with Crippen LogP contribution in [-0.2, 0) is 16.1 Å². The third-order valence-electron chi connectivity index (χ3n) is 2.40. The molecule has 20 heavy (non-hydrogen) atoms. The van der Waals surface area contributed by atoms with Gasteiger partial charge in [-0.25, -0.2) is 9.18 Å². The van der Waals surface area contributed by atoms with Crippen molar-refractivity contribution in [1.82, 2.24) is 5.32 Å². The lowest BCUT2D eigenvalue weighted by atomic mass is 10.2. The van der Waals surface area contributed by atoms with Crippen LogP contribution in [0.15, 0.2) is 35.4 Å². The highest BCUT2D eigenvalue weighted by atomic mass is 32.2. The van der Waals surface area contributed by atoms with E-state index in [0.717, 1.165) is 0 Å². The molecule has 0 radical (unpaired) electrons. The maximum atomic E-state index is 13.5. The number of carbonyl (C=O) groups excluding carboxylic acids is 1. The molecule has 108 valence electrons. The number of rotatable bonds is 7. The molecule has 1 aromatic carbocycles. The van der Waals surface area contributed by atoms with Gasteiger partial charge in [0.2, 0.25) is 0 Å². The monoisotopic (exact) mass is 296 g/mol. The van der Waals surface area contributed by atoms with Crippen LogP contribution < -0.4 is 5.32 Å². The van der Waals surface area contributed by atoms with Crippen molar-refractivity contribution >= 4 is 23.4 Å². The summed E-state index contributed by atoms with van der Waals surface area (Å²) in [6, 6.07) is 6.45. The van der Waals surface area contributed by atoms with Crippen LogP contribution in [0, 0.1) is 11.2 Å². The molecule has 0 amide bonds. The number of nitrogens with one attached hydrogen (secondary N) is 2. The van der Waals surface area contributed by atoms with Gasteiger partial charge in [-0.05, 0) is 19.2 Å². The number of hydrogen-bond acceptors (Lipinski definition) is 5. The van der Waals surface area contributed by atoms with Crippen LogP contribution in [0.4, 0.5) is 4.39 Å². The summed E-state index contributed by atoms with van der Waals surface area (Å²) in [5, 5.41) is 11.2. The number of esters is 1. The minimum Gasteiger partial charge on any atom is -0.461 e. The number of benzene rings is 1. The molecule has 1 rings (SSSR count). The number of halogens is 1. The topological polar surface area (TPSA) is 62.2 Å². The van der Waals surface area contributed by atoms with E-state index in [-0.39, 0.29) is 24.7 Å². The second kappa shape index (κ2) is 8.37. The van der Waals surface area contributed by atoms with Gasteiger partial charge in [-0.1, -0.05) is 18.2 Å². The molecule has 0 atom stereocenters. The van der Waals surface area contributed by atoms with E-state index >= 15 is 0 Å². The molecule has 0 heterocycles. The quantitative estimate of drug-likeness (QED) is 0.600. The van der Waals surface area contributed by atoms with Gasteiger partial charge >= 0.3 is 5.97 Å². The van der Waals surface area contributed by atoms with Gasteiger partial charge in [0.15, 0.2) is 0 Å². The van der Waals surface area contributed by atoms with Gasteiger partial charge in [-0.3, -0.25) is 5.41 Å². The third-order valence-corrected chi connectivity index (χ3v) is 3.10. The highest BCUT2D eigenvalue weighted by molar-refractivity contribution is 8.02. The summed E-state index contributed by atoms with van der Waals surface area (Å²) in [6.45, 7) is 2.20. The van der Waals surface area contributed by atoms with Crippen LogP contribution >= 0.6 is 11.8 Å². The zero-order chi connectivity index (χ0) is 15.0. The molecule has 0 spiro atoms. The highest BCUT2D eigenvalue weighted by Gasteiger charge is 2.09. The molecule has 4 nitrogen and oxygen atoms in total. The Morgan fingerprint density at radius 1 is 1.50 bits per heavy atom. The summed E-state index contributed by atoms with van der Waals surface area (Å²) in [5.41, 5.74) is 0.285. The van der Waals surface area contributed by atoms with Crippen LogP contribution in [0.25, 0.3) is 0 Å². The Labute approximate surface area is 121 Å². The van der Waals surface area contributed by atoms with E-state index in [1.54, 1.807) is 31.4 Å². The zero-order valence-corrected chi connectivity index (χ0v) is 12.2. The summed E-state index contributed by atoms with van der Waals surface area (Å²) >= 11 is 1.34. The molecule has 0 aliphatic rings. The number of hydrogen-bond donors (Lipinski definition) is 2. The van der Waals surface area contributed by atoms with Crippen molar-refractivity contribution in [2.24, 2.45) is 0 Å². The summed E-state index contributed by atoms with van der Waals surface area (Å²) in [7, 11) is 0. The van der Waals surface area contributed by atoms with E-state index in [9.17, 15) is 9.18 Å². The lowest BCUT2D eigenvalue weighted by Gasteiger charge is -2.09. The van der Waals surface area contributed by atoms with Crippen molar-refractivity contribution < 1.29 is 13.9 Å². The summed E-state index contributed by atoms with van der Waals surface area (Å²) in [5.74, 6) is -0.965. The molecule has 6 heteroatoms. The molecule has 0 saturated carbocycles. The highest BCUT2D eigenvalue weighted by Crippen LogP contribution is 2.11. The smallest absolute Gasteiger partial charge is 0.356 e. The fourth-order valence-corrected chi connectivity index (χ4v) is 1.86. The standard InChI is InChI=1S/C14H17FN2O2S/c1-3-19-14(18)12(16)8-13(20-2)17-9-10-6-4-5-7-11(10)15/h4-8,16-17H,3,9H2,1-2H3/b13-8+,16-12?. The van der Waals surface area contributed by atoms with Gasteiger partial charge in [0.25, 0.3) is 0 Å². The molecule has 0 unspecified atom stereocenters. The van der Waals surface area contributed by atoms with Crippen LogP contribution in [0.2, 0.25) is 0 Å². The predicted octanol–water partition coefficient (Wildman–Crippen LogP) is 2.70. The molecule has 0 aliphatic carbocycles. The van der Waals surface area contributed by atoms with Gasteiger partial charge in [0.05, 0.1) is 11.6 Å². The number of ether oxygens (including phenoxy) is 1. The molecule has 1 aromatic rings. The largest absolute Gasteiger partial charge is 0.461 e. The summed E-state index contributed by atoms with van der Waals surface area (Å²) in [6.07, 6.45) is 3.18. The molecule has 0 fully saturated rings. The second-order valence-corrected chi connectivity index (χ2v) is 4.64. The molecule has 0 aromatic heterocycles. The Balaban J connectivity index is 2.66. The lowest BCUT2D eigenvalue weighted by Crippen LogP contribution is -2.18. The van der Waals surface area contributed by atoms with Crippen molar-refractivity contribution in [3.05, 3.63) is 46.8 Å². The first kappa shape index (κ1) is 16.2. The van der Waals surface area contributed by atoms with Crippen molar-refractivity contribution in [2.45, 2.75) is 13.5 Å². The Kier molecular flexibility index (Phi) is 6.79. The van der Waals surface area contributed by atoms with E-state index in [4.69, 9.17) is 10.1 Å². The van der Waals surface area contributed by atoms with E-state index in [0.29, 0.717) is 10.6 Å². The van der Waals surface area contributed by atoms with E-state index in [1.165, 1.54) is 23.9 Å². The Bertz CT molecular complexity index is 518. The lowest BCUT2D eigenvalue weighted by molar-refractivity contribution is -0.135. The maximum Gasteiger partial charge on any atom is 0.356 e. The Hall–Kier alpha value is -1.82. The van der Waals surface area contributed by atoms with Crippen molar-refractivity contribution in [2.75, 3.05) is 12.9 Å². The molecule has 0 aliphatic heterocycles. The van der Waals surface area contributed by atoms with Gasteiger partial charge in [-0.15, -0.1) is 11.8 Å².